The van der Waals surface area contributed by atoms with E-state index in [2.05, 4.69) is 44.5 Å². The molecule has 150 valence electrons. The fourth-order valence-corrected chi connectivity index (χ4v) is 3.47. The van der Waals surface area contributed by atoms with Crippen LogP contribution in [0.4, 0.5) is 5.82 Å². The van der Waals surface area contributed by atoms with Crippen molar-refractivity contribution in [1.29, 1.82) is 0 Å². The third-order valence-electron chi connectivity index (χ3n) is 4.99. The van der Waals surface area contributed by atoms with Crippen molar-refractivity contribution in [2.75, 3.05) is 31.5 Å². The first kappa shape index (κ1) is 19.1. The molecule has 1 amide bonds. The number of aromatic nitrogens is 2. The fraction of sp³-hybridized carbons (Fsp3) is 0.318. The lowest BCUT2D eigenvalue weighted by atomic mass is 10.2. The van der Waals surface area contributed by atoms with Crippen LogP contribution in [0.1, 0.15) is 27.6 Å². The Balaban J connectivity index is 1.35. The minimum Gasteiger partial charge on any atom is -0.467 e. The summed E-state index contributed by atoms with van der Waals surface area (Å²) in [5.41, 5.74) is 1.72. The molecule has 0 atom stereocenters. The number of benzene rings is 1. The number of nitrogens with one attached hydrogen (secondary N) is 1. The van der Waals surface area contributed by atoms with Crippen molar-refractivity contribution in [1.82, 2.24) is 19.8 Å². The number of rotatable bonds is 6. The average Bonchev–Trinajstić information content (AvgIpc) is 3.26. The lowest BCUT2D eigenvalue weighted by Crippen LogP contribution is -2.48. The molecule has 29 heavy (non-hydrogen) atoms. The zero-order valence-corrected chi connectivity index (χ0v) is 16.5. The molecule has 0 aliphatic carbocycles. The standard InChI is InChI=1S/C22H25N5O2/c1-17-24-20(14-21(25-17)23-15-19-8-5-13-29-19)22(28)27-11-9-26(10-12-27)16-18-6-3-2-4-7-18/h2-8,13-14H,9-12,15-16H2,1H3,(H,23,24,25). The van der Waals surface area contributed by atoms with Gasteiger partial charge in [0.05, 0.1) is 12.8 Å². The van der Waals surface area contributed by atoms with Gasteiger partial charge in [0.2, 0.25) is 0 Å². The van der Waals surface area contributed by atoms with Gasteiger partial charge in [-0.1, -0.05) is 30.3 Å². The Labute approximate surface area is 170 Å². The van der Waals surface area contributed by atoms with Crippen LogP contribution in [-0.4, -0.2) is 51.9 Å². The number of hydrogen-bond acceptors (Lipinski definition) is 6. The first-order valence-corrected chi connectivity index (χ1v) is 9.85. The van der Waals surface area contributed by atoms with Crippen molar-refractivity contribution < 1.29 is 9.21 Å². The molecule has 0 radical (unpaired) electrons. The van der Waals surface area contributed by atoms with E-state index in [-0.39, 0.29) is 5.91 Å². The Bertz CT molecular complexity index is 935. The molecule has 0 bridgehead atoms. The third-order valence-corrected chi connectivity index (χ3v) is 4.99. The Kier molecular flexibility index (Phi) is 5.86. The van der Waals surface area contributed by atoms with Gasteiger partial charge in [0.15, 0.2) is 0 Å². The largest absolute Gasteiger partial charge is 0.467 e. The predicted octanol–water partition coefficient (Wildman–Crippen LogP) is 2.95. The Morgan fingerprint density at radius 1 is 1.07 bits per heavy atom. The van der Waals surface area contributed by atoms with Crippen LogP contribution in [0.2, 0.25) is 0 Å². The number of carbonyl (C=O) groups excluding carboxylic acids is 1. The van der Waals surface area contributed by atoms with Crippen LogP contribution >= 0.6 is 0 Å². The molecular weight excluding hydrogens is 366 g/mol. The molecule has 1 N–H and O–H groups in total. The van der Waals surface area contributed by atoms with Gasteiger partial charge in [0.1, 0.15) is 23.1 Å². The maximum absolute atomic E-state index is 13.0. The predicted molar refractivity (Wildman–Crippen MR) is 110 cm³/mol. The highest BCUT2D eigenvalue weighted by atomic mass is 16.3. The van der Waals surface area contributed by atoms with Crippen molar-refractivity contribution in [3.05, 3.63) is 77.6 Å². The van der Waals surface area contributed by atoms with E-state index in [1.165, 1.54) is 5.56 Å². The van der Waals surface area contributed by atoms with Crippen molar-refractivity contribution >= 4 is 11.7 Å². The lowest BCUT2D eigenvalue weighted by Gasteiger charge is -2.34. The number of aryl methyl sites for hydroxylation is 1. The van der Waals surface area contributed by atoms with E-state index in [0.29, 0.717) is 37.0 Å². The van der Waals surface area contributed by atoms with Gasteiger partial charge in [-0.15, -0.1) is 0 Å². The second-order valence-corrected chi connectivity index (χ2v) is 7.17. The first-order chi connectivity index (χ1) is 14.2. The van der Waals surface area contributed by atoms with E-state index >= 15 is 0 Å². The van der Waals surface area contributed by atoms with Crippen LogP contribution in [0.25, 0.3) is 0 Å². The number of amides is 1. The lowest BCUT2D eigenvalue weighted by molar-refractivity contribution is 0.0622. The molecule has 1 aliphatic rings. The Hall–Kier alpha value is -3.19. The van der Waals surface area contributed by atoms with Gasteiger partial charge < -0.3 is 14.6 Å². The minimum absolute atomic E-state index is 0.0455. The summed E-state index contributed by atoms with van der Waals surface area (Å²) in [5.74, 6) is 1.96. The summed E-state index contributed by atoms with van der Waals surface area (Å²) in [6.07, 6.45) is 1.63. The normalized spacial score (nSPS) is 14.7. The number of furan rings is 1. The highest BCUT2D eigenvalue weighted by Crippen LogP contribution is 2.14. The van der Waals surface area contributed by atoms with Crippen LogP contribution in [0.3, 0.4) is 0 Å². The van der Waals surface area contributed by atoms with Gasteiger partial charge in [0, 0.05) is 38.8 Å². The molecule has 1 aliphatic heterocycles. The number of carbonyl (C=O) groups is 1. The van der Waals surface area contributed by atoms with Gasteiger partial charge in [0.25, 0.3) is 5.91 Å². The van der Waals surface area contributed by atoms with Crippen molar-refractivity contribution in [2.45, 2.75) is 20.0 Å². The topological polar surface area (TPSA) is 74.5 Å². The smallest absolute Gasteiger partial charge is 0.272 e. The van der Waals surface area contributed by atoms with Crippen LogP contribution in [0.15, 0.2) is 59.2 Å². The van der Waals surface area contributed by atoms with E-state index < -0.39 is 0 Å². The van der Waals surface area contributed by atoms with Crippen LogP contribution in [-0.2, 0) is 13.1 Å². The zero-order valence-electron chi connectivity index (χ0n) is 16.5. The summed E-state index contributed by atoms with van der Waals surface area (Å²) in [6, 6.07) is 15.9. The number of nitrogens with zero attached hydrogens (tertiary/aromatic N) is 4. The van der Waals surface area contributed by atoms with E-state index in [1.807, 2.05) is 23.1 Å². The maximum atomic E-state index is 13.0. The van der Waals surface area contributed by atoms with Crippen LogP contribution < -0.4 is 5.32 Å². The van der Waals surface area contributed by atoms with E-state index in [9.17, 15) is 4.79 Å². The van der Waals surface area contributed by atoms with Gasteiger partial charge in [-0.05, 0) is 24.6 Å². The number of piperazine rings is 1. The molecule has 1 saturated heterocycles. The molecule has 1 fully saturated rings. The minimum atomic E-state index is -0.0455. The van der Waals surface area contributed by atoms with Crippen LogP contribution in [0, 0.1) is 6.92 Å². The van der Waals surface area contributed by atoms with Gasteiger partial charge in [-0.2, -0.15) is 0 Å². The molecule has 2 aromatic heterocycles. The highest BCUT2D eigenvalue weighted by Gasteiger charge is 2.23. The fourth-order valence-electron chi connectivity index (χ4n) is 3.47. The monoisotopic (exact) mass is 391 g/mol. The van der Waals surface area contributed by atoms with E-state index in [4.69, 9.17) is 4.42 Å². The SMILES string of the molecule is Cc1nc(NCc2ccco2)cc(C(=O)N2CCN(Cc3ccccc3)CC2)n1. The molecule has 3 aromatic rings. The van der Waals surface area contributed by atoms with Crippen molar-refractivity contribution in [3.8, 4) is 0 Å². The molecule has 1 aromatic carbocycles. The summed E-state index contributed by atoms with van der Waals surface area (Å²) < 4.78 is 5.33. The molecular formula is C22H25N5O2. The molecule has 0 unspecified atom stereocenters. The summed E-state index contributed by atoms with van der Waals surface area (Å²) in [6.45, 7) is 6.33. The van der Waals surface area contributed by atoms with Crippen molar-refractivity contribution in [3.63, 3.8) is 0 Å². The molecule has 4 rings (SSSR count). The van der Waals surface area contributed by atoms with Gasteiger partial charge in [-0.3, -0.25) is 9.69 Å². The molecule has 0 saturated carbocycles. The van der Waals surface area contributed by atoms with Crippen LogP contribution in [0.5, 0.6) is 0 Å². The number of hydrogen-bond donors (Lipinski definition) is 1. The van der Waals surface area contributed by atoms with Crippen molar-refractivity contribution in [2.24, 2.45) is 0 Å². The summed E-state index contributed by atoms with van der Waals surface area (Å²) in [4.78, 5) is 26.0. The molecule has 7 heteroatoms. The first-order valence-electron chi connectivity index (χ1n) is 9.85. The molecule has 0 spiro atoms. The number of anilines is 1. The average molecular weight is 391 g/mol. The second kappa shape index (κ2) is 8.87. The summed E-state index contributed by atoms with van der Waals surface area (Å²) >= 11 is 0. The van der Waals surface area contributed by atoms with Gasteiger partial charge in [-0.25, -0.2) is 9.97 Å². The summed E-state index contributed by atoms with van der Waals surface area (Å²) in [5, 5.41) is 3.20. The third kappa shape index (κ3) is 5.00. The maximum Gasteiger partial charge on any atom is 0.272 e. The zero-order chi connectivity index (χ0) is 20.1. The summed E-state index contributed by atoms with van der Waals surface area (Å²) in [7, 11) is 0. The second-order valence-electron chi connectivity index (χ2n) is 7.17. The van der Waals surface area contributed by atoms with E-state index in [1.54, 1.807) is 19.3 Å². The Morgan fingerprint density at radius 3 is 2.59 bits per heavy atom. The molecule has 3 heterocycles. The highest BCUT2D eigenvalue weighted by molar-refractivity contribution is 5.93. The molecule has 7 nitrogen and oxygen atoms in total. The van der Waals surface area contributed by atoms with E-state index in [0.717, 1.165) is 25.4 Å². The van der Waals surface area contributed by atoms with Gasteiger partial charge >= 0.3 is 0 Å². The Morgan fingerprint density at radius 2 is 1.86 bits per heavy atom. The quantitative estimate of drug-likeness (QED) is 0.696.